The van der Waals surface area contributed by atoms with Gasteiger partial charge in [-0.3, -0.25) is 9.59 Å². The zero-order valence-corrected chi connectivity index (χ0v) is 14.0. The molecule has 2 fully saturated rings. The fourth-order valence-corrected chi connectivity index (χ4v) is 3.36. The summed E-state index contributed by atoms with van der Waals surface area (Å²) in [4.78, 5) is 27.0. The van der Waals surface area contributed by atoms with Crippen LogP contribution in [0.15, 0.2) is 36.7 Å². The number of aromatic nitrogens is 3. The van der Waals surface area contributed by atoms with Crippen LogP contribution >= 0.6 is 0 Å². The number of carbonyl (C=O) groups excluding carboxylic acids is 2. The van der Waals surface area contributed by atoms with E-state index < -0.39 is 6.04 Å². The van der Waals surface area contributed by atoms with Crippen molar-refractivity contribution in [2.75, 3.05) is 6.54 Å². The Balaban J connectivity index is 1.40. The SMILES string of the molecule is O=C(NCc1nncn1C1CC1)C1CCCN1C(=O)c1ccccc1. The third-order valence-corrected chi connectivity index (χ3v) is 4.85. The van der Waals surface area contributed by atoms with Crippen LogP contribution in [0.4, 0.5) is 0 Å². The molecule has 7 heteroatoms. The molecule has 2 amide bonds. The van der Waals surface area contributed by atoms with E-state index in [-0.39, 0.29) is 11.8 Å². The monoisotopic (exact) mass is 339 g/mol. The minimum Gasteiger partial charge on any atom is -0.347 e. The van der Waals surface area contributed by atoms with Crippen LogP contribution in [0.25, 0.3) is 0 Å². The first-order valence-electron chi connectivity index (χ1n) is 8.76. The predicted octanol–water partition coefficient (Wildman–Crippen LogP) is 1.53. The average Bonchev–Trinajstić information content (AvgIpc) is 3.19. The summed E-state index contributed by atoms with van der Waals surface area (Å²) in [6.45, 7) is 0.962. The molecule has 2 aliphatic rings. The van der Waals surface area contributed by atoms with Gasteiger partial charge in [-0.2, -0.15) is 0 Å². The normalized spacial score (nSPS) is 19.8. The topological polar surface area (TPSA) is 80.1 Å². The van der Waals surface area contributed by atoms with Gasteiger partial charge in [0.05, 0.1) is 6.54 Å². The Morgan fingerprint density at radius 2 is 1.96 bits per heavy atom. The maximum absolute atomic E-state index is 12.7. The summed E-state index contributed by atoms with van der Waals surface area (Å²) in [7, 11) is 0. The Bertz CT molecular complexity index is 769. The van der Waals surface area contributed by atoms with Crippen molar-refractivity contribution in [2.24, 2.45) is 0 Å². The molecular weight excluding hydrogens is 318 g/mol. The van der Waals surface area contributed by atoms with Crippen molar-refractivity contribution in [3.05, 3.63) is 48.0 Å². The van der Waals surface area contributed by atoms with Crippen LogP contribution in [0.3, 0.4) is 0 Å². The van der Waals surface area contributed by atoms with Crippen LogP contribution in [0.1, 0.15) is 47.9 Å². The van der Waals surface area contributed by atoms with Crippen LogP contribution in [-0.2, 0) is 11.3 Å². The van der Waals surface area contributed by atoms with Gasteiger partial charge >= 0.3 is 0 Å². The maximum Gasteiger partial charge on any atom is 0.254 e. The zero-order chi connectivity index (χ0) is 17.2. The predicted molar refractivity (Wildman–Crippen MR) is 90.6 cm³/mol. The van der Waals surface area contributed by atoms with E-state index in [0.717, 1.165) is 25.1 Å². The molecule has 4 rings (SSSR count). The highest BCUT2D eigenvalue weighted by molar-refractivity contribution is 5.97. The molecule has 1 aromatic carbocycles. The summed E-state index contributed by atoms with van der Waals surface area (Å²) in [6, 6.07) is 9.18. The van der Waals surface area contributed by atoms with Crippen molar-refractivity contribution >= 4 is 11.8 Å². The summed E-state index contributed by atoms with van der Waals surface area (Å²) in [5.74, 6) is 0.571. The van der Waals surface area contributed by atoms with Crippen molar-refractivity contribution in [2.45, 2.75) is 44.3 Å². The molecule has 1 atom stereocenters. The van der Waals surface area contributed by atoms with Gasteiger partial charge in [-0.1, -0.05) is 18.2 Å². The van der Waals surface area contributed by atoms with Crippen molar-refractivity contribution < 1.29 is 9.59 Å². The molecule has 1 aromatic heterocycles. The average molecular weight is 339 g/mol. The Kier molecular flexibility index (Phi) is 4.21. The second-order valence-electron chi connectivity index (χ2n) is 6.63. The highest BCUT2D eigenvalue weighted by Crippen LogP contribution is 2.35. The van der Waals surface area contributed by atoms with Crippen LogP contribution in [0.2, 0.25) is 0 Å². The minimum absolute atomic E-state index is 0.0839. The van der Waals surface area contributed by atoms with E-state index in [0.29, 0.717) is 31.1 Å². The number of nitrogens with one attached hydrogen (secondary N) is 1. The second kappa shape index (κ2) is 6.66. The molecule has 130 valence electrons. The van der Waals surface area contributed by atoms with Gasteiger partial charge in [0.2, 0.25) is 5.91 Å². The number of benzene rings is 1. The Morgan fingerprint density at radius 1 is 1.16 bits per heavy atom. The van der Waals surface area contributed by atoms with Gasteiger partial charge in [0, 0.05) is 18.2 Å². The van der Waals surface area contributed by atoms with Gasteiger partial charge < -0.3 is 14.8 Å². The van der Waals surface area contributed by atoms with Crippen molar-refractivity contribution in [1.29, 1.82) is 0 Å². The molecule has 0 bridgehead atoms. The summed E-state index contributed by atoms with van der Waals surface area (Å²) in [5, 5.41) is 11.0. The molecule has 7 nitrogen and oxygen atoms in total. The first-order valence-corrected chi connectivity index (χ1v) is 8.76. The molecule has 2 heterocycles. The van der Waals surface area contributed by atoms with Gasteiger partial charge in [0.25, 0.3) is 5.91 Å². The van der Waals surface area contributed by atoms with E-state index in [2.05, 4.69) is 15.5 Å². The Hall–Kier alpha value is -2.70. The lowest BCUT2D eigenvalue weighted by Crippen LogP contribution is -2.45. The van der Waals surface area contributed by atoms with E-state index in [1.54, 1.807) is 23.4 Å². The first-order chi connectivity index (χ1) is 12.2. The molecule has 1 saturated heterocycles. The molecule has 1 saturated carbocycles. The largest absolute Gasteiger partial charge is 0.347 e. The standard InChI is InChI=1S/C18H21N5O2/c24-17(19-11-16-21-20-12-23(16)14-8-9-14)15-7-4-10-22(15)18(25)13-5-2-1-3-6-13/h1-3,5-6,12,14-15H,4,7-11H2,(H,19,24). The molecule has 1 unspecified atom stereocenters. The van der Waals surface area contributed by atoms with Gasteiger partial charge in [-0.25, -0.2) is 0 Å². The summed E-state index contributed by atoms with van der Waals surface area (Å²) >= 11 is 0. The third kappa shape index (κ3) is 3.26. The molecule has 0 spiro atoms. The Labute approximate surface area is 146 Å². The Morgan fingerprint density at radius 3 is 2.72 bits per heavy atom. The lowest BCUT2D eigenvalue weighted by Gasteiger charge is -2.24. The van der Waals surface area contributed by atoms with Crippen molar-refractivity contribution in [3.63, 3.8) is 0 Å². The summed E-state index contributed by atoms with van der Waals surface area (Å²) in [5.41, 5.74) is 0.621. The molecule has 2 aromatic rings. The van der Waals surface area contributed by atoms with E-state index in [1.807, 2.05) is 22.8 Å². The second-order valence-corrected chi connectivity index (χ2v) is 6.63. The summed E-state index contributed by atoms with van der Waals surface area (Å²) in [6.07, 6.45) is 5.54. The zero-order valence-electron chi connectivity index (χ0n) is 14.0. The lowest BCUT2D eigenvalue weighted by atomic mass is 10.1. The number of likely N-dealkylation sites (tertiary alicyclic amines) is 1. The van der Waals surface area contributed by atoms with Crippen LogP contribution in [-0.4, -0.2) is 44.1 Å². The van der Waals surface area contributed by atoms with Gasteiger partial charge in [0.1, 0.15) is 12.4 Å². The van der Waals surface area contributed by atoms with E-state index in [9.17, 15) is 9.59 Å². The maximum atomic E-state index is 12.7. The highest BCUT2D eigenvalue weighted by atomic mass is 16.2. The smallest absolute Gasteiger partial charge is 0.254 e. The van der Waals surface area contributed by atoms with Crippen molar-refractivity contribution in [3.8, 4) is 0 Å². The number of hydrogen-bond donors (Lipinski definition) is 1. The number of rotatable bonds is 5. The third-order valence-electron chi connectivity index (χ3n) is 4.85. The minimum atomic E-state index is -0.412. The summed E-state index contributed by atoms with van der Waals surface area (Å²) < 4.78 is 2.03. The van der Waals surface area contributed by atoms with Gasteiger partial charge in [0.15, 0.2) is 5.82 Å². The molecule has 1 aliphatic heterocycles. The molecular formula is C18H21N5O2. The number of nitrogens with zero attached hydrogens (tertiary/aromatic N) is 4. The van der Waals surface area contributed by atoms with E-state index in [1.165, 1.54) is 0 Å². The van der Waals surface area contributed by atoms with Crippen molar-refractivity contribution in [1.82, 2.24) is 25.0 Å². The fourth-order valence-electron chi connectivity index (χ4n) is 3.36. The quantitative estimate of drug-likeness (QED) is 0.896. The number of carbonyl (C=O) groups is 2. The van der Waals surface area contributed by atoms with Crippen LogP contribution in [0, 0.1) is 0 Å². The van der Waals surface area contributed by atoms with Gasteiger partial charge in [-0.05, 0) is 37.8 Å². The highest BCUT2D eigenvalue weighted by Gasteiger charge is 2.34. The van der Waals surface area contributed by atoms with E-state index >= 15 is 0 Å². The number of hydrogen-bond acceptors (Lipinski definition) is 4. The molecule has 1 aliphatic carbocycles. The fraction of sp³-hybridized carbons (Fsp3) is 0.444. The van der Waals surface area contributed by atoms with E-state index in [4.69, 9.17) is 0 Å². The molecule has 1 N–H and O–H groups in total. The van der Waals surface area contributed by atoms with Crippen LogP contribution < -0.4 is 5.32 Å². The van der Waals surface area contributed by atoms with Crippen LogP contribution in [0.5, 0.6) is 0 Å². The van der Waals surface area contributed by atoms with Gasteiger partial charge in [-0.15, -0.1) is 10.2 Å². The number of amides is 2. The molecule has 0 radical (unpaired) electrons. The molecule has 25 heavy (non-hydrogen) atoms. The lowest BCUT2D eigenvalue weighted by molar-refractivity contribution is -0.125. The first kappa shape index (κ1) is 15.8.